The summed E-state index contributed by atoms with van der Waals surface area (Å²) >= 11 is 11.9. The molecule has 0 unspecified atom stereocenters. The lowest BCUT2D eigenvalue weighted by molar-refractivity contribution is -0.115. The molecule has 2 amide bonds. The molecule has 28 heavy (non-hydrogen) atoms. The van der Waals surface area contributed by atoms with Crippen molar-refractivity contribution in [2.45, 2.75) is 6.42 Å². The molecule has 0 heterocycles. The van der Waals surface area contributed by atoms with Crippen LogP contribution in [0.5, 0.6) is 0 Å². The Bertz CT molecular complexity index is 991. The summed E-state index contributed by atoms with van der Waals surface area (Å²) in [5.41, 5.74) is 3.13. The highest BCUT2D eigenvalue weighted by molar-refractivity contribution is 6.36. The van der Waals surface area contributed by atoms with Crippen LogP contribution in [0.4, 0.5) is 5.69 Å². The number of carbonyl (C=O) groups is 2. The van der Waals surface area contributed by atoms with Crippen LogP contribution in [0.15, 0.2) is 72.8 Å². The van der Waals surface area contributed by atoms with Gasteiger partial charge in [0, 0.05) is 10.7 Å². The van der Waals surface area contributed by atoms with Gasteiger partial charge in [-0.05, 0) is 41.8 Å². The predicted octanol–water partition coefficient (Wildman–Crippen LogP) is 4.95. The number of carbonyl (C=O) groups excluding carboxylic acids is 2. The van der Waals surface area contributed by atoms with E-state index in [2.05, 4.69) is 10.6 Å². The van der Waals surface area contributed by atoms with E-state index >= 15 is 0 Å². The molecular weight excluding hydrogens is 395 g/mol. The third-order valence-corrected chi connectivity index (χ3v) is 4.66. The Morgan fingerprint density at radius 3 is 2.32 bits per heavy atom. The summed E-state index contributed by atoms with van der Waals surface area (Å²) in [7, 11) is 0. The first kappa shape index (κ1) is 19.9. The number of hydrogen-bond acceptors (Lipinski definition) is 2. The van der Waals surface area contributed by atoms with Crippen LogP contribution >= 0.6 is 23.2 Å². The van der Waals surface area contributed by atoms with Crippen molar-refractivity contribution in [2.75, 3.05) is 11.9 Å². The Kier molecular flexibility index (Phi) is 6.69. The third-order valence-electron chi connectivity index (χ3n) is 4.11. The third kappa shape index (κ3) is 5.35. The molecule has 3 rings (SSSR count). The molecule has 0 radical (unpaired) electrons. The Morgan fingerprint density at radius 1 is 0.857 bits per heavy atom. The van der Waals surface area contributed by atoms with Gasteiger partial charge in [-0.2, -0.15) is 0 Å². The van der Waals surface area contributed by atoms with Crippen molar-refractivity contribution in [3.8, 4) is 0 Å². The van der Waals surface area contributed by atoms with Crippen molar-refractivity contribution < 1.29 is 9.59 Å². The van der Waals surface area contributed by atoms with Crippen molar-refractivity contribution in [3.63, 3.8) is 0 Å². The van der Waals surface area contributed by atoms with Crippen molar-refractivity contribution >= 4 is 40.7 Å². The van der Waals surface area contributed by atoms with Gasteiger partial charge >= 0.3 is 0 Å². The number of amides is 2. The summed E-state index contributed by atoms with van der Waals surface area (Å²) in [5.74, 6) is -0.756. The highest BCUT2D eigenvalue weighted by Crippen LogP contribution is 2.21. The number of rotatable bonds is 6. The average Bonchev–Trinajstić information content (AvgIpc) is 2.68. The number of benzene rings is 3. The van der Waals surface area contributed by atoms with E-state index in [9.17, 15) is 9.59 Å². The fourth-order valence-electron chi connectivity index (χ4n) is 2.74. The Hall–Kier alpha value is -2.82. The maximum absolute atomic E-state index is 12.3. The topological polar surface area (TPSA) is 58.2 Å². The van der Waals surface area contributed by atoms with E-state index in [-0.39, 0.29) is 23.0 Å². The summed E-state index contributed by atoms with van der Waals surface area (Å²) in [6.45, 7) is -0.169. The second kappa shape index (κ2) is 9.40. The van der Waals surface area contributed by atoms with Gasteiger partial charge in [-0.15, -0.1) is 0 Å². The van der Waals surface area contributed by atoms with Gasteiger partial charge in [-0.1, -0.05) is 71.7 Å². The molecule has 2 N–H and O–H groups in total. The summed E-state index contributed by atoms with van der Waals surface area (Å²) in [4.78, 5) is 24.5. The van der Waals surface area contributed by atoms with Gasteiger partial charge < -0.3 is 10.6 Å². The summed E-state index contributed by atoms with van der Waals surface area (Å²) in [6, 6.07) is 22.2. The summed E-state index contributed by atoms with van der Waals surface area (Å²) < 4.78 is 0. The number of anilines is 1. The second-order valence-corrected chi connectivity index (χ2v) is 7.02. The van der Waals surface area contributed by atoms with Crippen LogP contribution in [0.25, 0.3) is 0 Å². The van der Waals surface area contributed by atoms with E-state index in [0.717, 1.165) is 16.8 Å². The molecule has 0 aromatic heterocycles. The lowest BCUT2D eigenvalue weighted by Gasteiger charge is -2.12. The smallest absolute Gasteiger partial charge is 0.253 e. The SMILES string of the molecule is O=C(CNC(=O)c1ccc(Cl)cc1Cl)Nc1ccccc1Cc1ccccc1. The van der Waals surface area contributed by atoms with Gasteiger partial charge in [-0.3, -0.25) is 9.59 Å². The van der Waals surface area contributed by atoms with Gasteiger partial charge in [-0.25, -0.2) is 0 Å². The zero-order chi connectivity index (χ0) is 19.9. The van der Waals surface area contributed by atoms with Crippen molar-refractivity contribution in [1.82, 2.24) is 5.32 Å². The molecule has 0 saturated heterocycles. The van der Waals surface area contributed by atoms with E-state index in [1.165, 1.54) is 12.1 Å². The maximum atomic E-state index is 12.3. The highest BCUT2D eigenvalue weighted by atomic mass is 35.5. The Labute approximate surface area is 173 Å². The summed E-state index contributed by atoms with van der Waals surface area (Å²) in [5, 5.41) is 6.10. The molecule has 0 saturated carbocycles. The van der Waals surface area contributed by atoms with E-state index in [4.69, 9.17) is 23.2 Å². The Morgan fingerprint density at radius 2 is 1.57 bits per heavy atom. The van der Waals surface area contributed by atoms with Gasteiger partial charge in [0.2, 0.25) is 5.91 Å². The van der Waals surface area contributed by atoms with Gasteiger partial charge in [0.25, 0.3) is 5.91 Å². The number of para-hydroxylation sites is 1. The number of hydrogen-bond donors (Lipinski definition) is 2. The standard InChI is InChI=1S/C22H18Cl2N2O2/c23-17-10-11-18(19(24)13-17)22(28)25-14-21(27)26-20-9-5-4-8-16(20)12-15-6-2-1-3-7-15/h1-11,13H,12,14H2,(H,25,28)(H,26,27). The molecular formula is C22H18Cl2N2O2. The van der Waals surface area contributed by atoms with E-state index < -0.39 is 5.91 Å². The van der Waals surface area contributed by atoms with Gasteiger partial charge in [0.1, 0.15) is 0 Å². The number of halogens is 2. The van der Waals surface area contributed by atoms with Crippen LogP contribution in [-0.4, -0.2) is 18.4 Å². The molecule has 3 aromatic rings. The maximum Gasteiger partial charge on any atom is 0.253 e. The predicted molar refractivity (Wildman–Crippen MR) is 113 cm³/mol. The average molecular weight is 413 g/mol. The summed E-state index contributed by atoms with van der Waals surface area (Å²) in [6.07, 6.45) is 0.698. The second-order valence-electron chi connectivity index (χ2n) is 6.17. The van der Waals surface area contributed by atoms with Crippen molar-refractivity contribution in [1.29, 1.82) is 0 Å². The number of nitrogens with one attached hydrogen (secondary N) is 2. The Balaban J connectivity index is 1.61. The first-order chi connectivity index (χ1) is 13.5. The molecule has 6 heteroatoms. The molecule has 0 aliphatic heterocycles. The first-order valence-corrected chi connectivity index (χ1v) is 9.43. The van der Waals surface area contributed by atoms with E-state index in [0.29, 0.717) is 11.4 Å². The van der Waals surface area contributed by atoms with Crippen LogP contribution in [0.1, 0.15) is 21.5 Å². The zero-order valence-electron chi connectivity index (χ0n) is 14.9. The van der Waals surface area contributed by atoms with Gasteiger partial charge in [0.05, 0.1) is 17.1 Å². The minimum absolute atomic E-state index is 0.169. The molecule has 0 spiro atoms. The quantitative estimate of drug-likeness (QED) is 0.601. The normalized spacial score (nSPS) is 10.4. The van der Waals surface area contributed by atoms with Crippen molar-refractivity contribution in [2.24, 2.45) is 0 Å². The largest absolute Gasteiger partial charge is 0.343 e. The monoisotopic (exact) mass is 412 g/mol. The molecule has 0 fully saturated rings. The molecule has 142 valence electrons. The first-order valence-electron chi connectivity index (χ1n) is 8.68. The van der Waals surface area contributed by atoms with E-state index in [1.54, 1.807) is 6.07 Å². The fraction of sp³-hybridized carbons (Fsp3) is 0.0909. The molecule has 0 atom stereocenters. The lowest BCUT2D eigenvalue weighted by atomic mass is 10.0. The highest BCUT2D eigenvalue weighted by Gasteiger charge is 2.13. The minimum atomic E-state index is -0.436. The molecule has 0 aliphatic rings. The lowest BCUT2D eigenvalue weighted by Crippen LogP contribution is -2.33. The van der Waals surface area contributed by atoms with Crippen LogP contribution < -0.4 is 10.6 Å². The van der Waals surface area contributed by atoms with Crippen LogP contribution in [-0.2, 0) is 11.2 Å². The zero-order valence-corrected chi connectivity index (χ0v) is 16.4. The molecule has 3 aromatic carbocycles. The molecule has 0 bridgehead atoms. The van der Waals surface area contributed by atoms with Gasteiger partial charge in [0.15, 0.2) is 0 Å². The van der Waals surface area contributed by atoms with E-state index in [1.807, 2.05) is 54.6 Å². The van der Waals surface area contributed by atoms with Crippen LogP contribution in [0.2, 0.25) is 10.0 Å². The van der Waals surface area contributed by atoms with Crippen molar-refractivity contribution in [3.05, 3.63) is 99.5 Å². The van der Waals surface area contributed by atoms with Crippen LogP contribution in [0.3, 0.4) is 0 Å². The van der Waals surface area contributed by atoms with Crippen LogP contribution in [0, 0.1) is 0 Å². The molecule has 4 nitrogen and oxygen atoms in total. The minimum Gasteiger partial charge on any atom is -0.343 e. The fourth-order valence-corrected chi connectivity index (χ4v) is 3.23. The molecule has 0 aliphatic carbocycles.